The third-order valence-electron chi connectivity index (χ3n) is 3.83. The van der Waals surface area contributed by atoms with Crippen LogP contribution in [0.2, 0.25) is 0 Å². The molecule has 5 nitrogen and oxygen atoms in total. The smallest absolute Gasteiger partial charge is 0.257 e. The topological polar surface area (TPSA) is 59.6 Å². The Morgan fingerprint density at radius 2 is 1.89 bits per heavy atom. The lowest BCUT2D eigenvalue weighted by atomic mass is 10.2. The van der Waals surface area contributed by atoms with Gasteiger partial charge < -0.3 is 14.8 Å². The van der Waals surface area contributed by atoms with E-state index in [9.17, 15) is 4.79 Å². The number of nitrogens with one attached hydrogen (secondary N) is 2. The van der Waals surface area contributed by atoms with Crippen molar-refractivity contribution in [3.63, 3.8) is 0 Å². The van der Waals surface area contributed by atoms with Gasteiger partial charge in [0.2, 0.25) is 0 Å². The van der Waals surface area contributed by atoms with Crippen LogP contribution in [-0.2, 0) is 0 Å². The number of ether oxygens (including phenoxy) is 2. The predicted octanol–water partition coefficient (Wildman–Crippen LogP) is 4.95. The minimum atomic E-state index is -0.298. The quantitative estimate of drug-likeness (QED) is 0.487. The molecule has 1 amide bonds. The van der Waals surface area contributed by atoms with Crippen molar-refractivity contribution in [1.82, 2.24) is 5.32 Å². The summed E-state index contributed by atoms with van der Waals surface area (Å²) in [6.45, 7) is 10.2. The Labute approximate surface area is 171 Å². The Hall–Kier alpha value is -2.86. The van der Waals surface area contributed by atoms with E-state index in [4.69, 9.17) is 21.7 Å². The van der Waals surface area contributed by atoms with E-state index in [0.717, 1.165) is 23.4 Å². The van der Waals surface area contributed by atoms with Gasteiger partial charge in [0.05, 0.1) is 6.10 Å². The first kappa shape index (κ1) is 21.4. The number of hydrogen-bond donors (Lipinski definition) is 2. The van der Waals surface area contributed by atoms with Gasteiger partial charge in [-0.05, 0) is 80.5 Å². The molecule has 0 spiro atoms. The van der Waals surface area contributed by atoms with Crippen molar-refractivity contribution in [2.45, 2.75) is 33.3 Å². The third kappa shape index (κ3) is 7.04. The Kier molecular flexibility index (Phi) is 8.02. The standard InChI is InChI=1S/C22H26N2O3S/c1-5-16(4)27-20-8-6-7-17(13-20)21(25)24-22(28)23-18-9-11-19(12-10-18)26-14-15(2)3/h6-13,16H,2,5,14H2,1,3-4H3,(H2,23,24,25,28). The number of rotatable bonds is 8. The summed E-state index contributed by atoms with van der Waals surface area (Å²) in [7, 11) is 0. The summed E-state index contributed by atoms with van der Waals surface area (Å²) in [6, 6.07) is 14.3. The molecule has 0 fully saturated rings. The molecule has 0 aliphatic carbocycles. The second kappa shape index (κ2) is 10.5. The van der Waals surface area contributed by atoms with Crippen molar-refractivity contribution in [3.05, 3.63) is 66.2 Å². The maximum absolute atomic E-state index is 12.4. The molecule has 0 bridgehead atoms. The highest BCUT2D eigenvalue weighted by Crippen LogP contribution is 2.17. The number of amides is 1. The van der Waals surface area contributed by atoms with Gasteiger partial charge in [-0.15, -0.1) is 0 Å². The van der Waals surface area contributed by atoms with E-state index in [1.165, 1.54) is 0 Å². The Morgan fingerprint density at radius 3 is 2.54 bits per heavy atom. The summed E-state index contributed by atoms with van der Waals surface area (Å²) in [5.74, 6) is 1.10. The molecule has 2 aromatic rings. The average molecular weight is 399 g/mol. The normalized spacial score (nSPS) is 11.2. The van der Waals surface area contributed by atoms with Crippen molar-refractivity contribution in [2.24, 2.45) is 0 Å². The van der Waals surface area contributed by atoms with Crippen molar-refractivity contribution in [3.8, 4) is 11.5 Å². The second-order valence-corrected chi connectivity index (χ2v) is 6.95. The van der Waals surface area contributed by atoms with Crippen LogP contribution in [0.3, 0.4) is 0 Å². The fraction of sp³-hybridized carbons (Fsp3) is 0.273. The van der Waals surface area contributed by atoms with Gasteiger partial charge in [0, 0.05) is 11.3 Å². The largest absolute Gasteiger partial charge is 0.491 e. The number of anilines is 1. The van der Waals surface area contributed by atoms with Crippen molar-refractivity contribution >= 4 is 28.9 Å². The maximum atomic E-state index is 12.4. The van der Waals surface area contributed by atoms with Gasteiger partial charge in [-0.3, -0.25) is 10.1 Å². The maximum Gasteiger partial charge on any atom is 0.257 e. The SMILES string of the molecule is C=C(C)COc1ccc(NC(=S)NC(=O)c2cccc(OC(C)CC)c2)cc1. The van der Waals surface area contributed by atoms with Crippen molar-refractivity contribution < 1.29 is 14.3 Å². The Bertz CT molecular complexity index is 834. The zero-order chi connectivity index (χ0) is 20.5. The van der Waals surface area contributed by atoms with Crippen molar-refractivity contribution in [2.75, 3.05) is 11.9 Å². The van der Waals surface area contributed by atoms with Crippen LogP contribution >= 0.6 is 12.2 Å². The molecule has 6 heteroatoms. The first-order valence-corrected chi connectivity index (χ1v) is 9.54. The molecule has 0 aliphatic rings. The first-order chi connectivity index (χ1) is 13.4. The second-order valence-electron chi connectivity index (χ2n) is 6.54. The lowest BCUT2D eigenvalue weighted by Gasteiger charge is -2.14. The van der Waals surface area contributed by atoms with Crippen LogP contribution < -0.4 is 20.1 Å². The summed E-state index contributed by atoms with van der Waals surface area (Å²) < 4.78 is 11.3. The molecule has 28 heavy (non-hydrogen) atoms. The first-order valence-electron chi connectivity index (χ1n) is 9.13. The van der Waals surface area contributed by atoms with Gasteiger partial charge in [0.1, 0.15) is 18.1 Å². The van der Waals surface area contributed by atoms with E-state index >= 15 is 0 Å². The van der Waals surface area contributed by atoms with E-state index < -0.39 is 0 Å². The van der Waals surface area contributed by atoms with Crippen LogP contribution in [0.1, 0.15) is 37.6 Å². The van der Waals surface area contributed by atoms with Crippen LogP contribution in [0.15, 0.2) is 60.7 Å². The van der Waals surface area contributed by atoms with Crippen LogP contribution in [0.5, 0.6) is 11.5 Å². The zero-order valence-corrected chi connectivity index (χ0v) is 17.3. The number of benzene rings is 2. The molecule has 0 heterocycles. The van der Waals surface area contributed by atoms with Gasteiger partial charge in [-0.25, -0.2) is 0 Å². The highest BCUT2D eigenvalue weighted by Gasteiger charge is 2.10. The monoisotopic (exact) mass is 398 g/mol. The molecule has 2 N–H and O–H groups in total. The number of carbonyl (C=O) groups is 1. The fourth-order valence-corrected chi connectivity index (χ4v) is 2.42. The molecule has 148 valence electrons. The van der Waals surface area contributed by atoms with Crippen molar-refractivity contribution in [1.29, 1.82) is 0 Å². The Balaban J connectivity index is 1.91. The Morgan fingerprint density at radius 1 is 1.18 bits per heavy atom. The minimum Gasteiger partial charge on any atom is -0.491 e. The number of carbonyl (C=O) groups excluding carboxylic acids is 1. The van der Waals surface area contributed by atoms with E-state index in [1.807, 2.05) is 51.1 Å². The van der Waals surface area contributed by atoms with E-state index in [2.05, 4.69) is 17.2 Å². The molecule has 0 aromatic heterocycles. The summed E-state index contributed by atoms with van der Waals surface area (Å²) in [5, 5.41) is 5.88. The third-order valence-corrected chi connectivity index (χ3v) is 4.04. The van der Waals surface area contributed by atoms with Crippen LogP contribution in [0.4, 0.5) is 5.69 Å². The molecule has 0 saturated heterocycles. The molecule has 2 rings (SSSR count). The highest BCUT2D eigenvalue weighted by molar-refractivity contribution is 7.80. The molecule has 0 radical (unpaired) electrons. The van der Waals surface area contributed by atoms with Gasteiger partial charge in [0.15, 0.2) is 5.11 Å². The lowest BCUT2D eigenvalue weighted by Crippen LogP contribution is -2.34. The van der Waals surface area contributed by atoms with E-state index in [0.29, 0.717) is 17.9 Å². The summed E-state index contributed by atoms with van der Waals surface area (Å²) in [4.78, 5) is 12.4. The number of hydrogen-bond acceptors (Lipinski definition) is 4. The number of thiocarbonyl (C=S) groups is 1. The van der Waals surface area contributed by atoms with E-state index in [-0.39, 0.29) is 17.1 Å². The molecule has 1 atom stereocenters. The molecular weight excluding hydrogens is 372 g/mol. The van der Waals surface area contributed by atoms with Crippen LogP contribution in [0, 0.1) is 0 Å². The molecular formula is C22H26N2O3S. The minimum absolute atomic E-state index is 0.0865. The summed E-state index contributed by atoms with van der Waals surface area (Å²) >= 11 is 5.23. The molecule has 2 aromatic carbocycles. The van der Waals surface area contributed by atoms with Gasteiger partial charge >= 0.3 is 0 Å². The zero-order valence-electron chi connectivity index (χ0n) is 16.5. The highest BCUT2D eigenvalue weighted by atomic mass is 32.1. The summed E-state index contributed by atoms with van der Waals surface area (Å²) in [6.07, 6.45) is 0.977. The molecule has 0 aliphatic heterocycles. The van der Waals surface area contributed by atoms with Gasteiger partial charge in [-0.2, -0.15) is 0 Å². The van der Waals surface area contributed by atoms with E-state index in [1.54, 1.807) is 18.2 Å². The van der Waals surface area contributed by atoms with Crippen LogP contribution in [0.25, 0.3) is 0 Å². The molecule has 0 saturated carbocycles. The average Bonchev–Trinajstić information content (AvgIpc) is 2.67. The van der Waals surface area contributed by atoms with Crippen LogP contribution in [-0.4, -0.2) is 23.7 Å². The predicted molar refractivity (Wildman–Crippen MR) is 117 cm³/mol. The van der Waals surface area contributed by atoms with Gasteiger partial charge in [-0.1, -0.05) is 19.6 Å². The summed E-state index contributed by atoms with van der Waals surface area (Å²) in [5.41, 5.74) is 2.18. The lowest BCUT2D eigenvalue weighted by molar-refractivity contribution is 0.0977. The van der Waals surface area contributed by atoms with Gasteiger partial charge in [0.25, 0.3) is 5.91 Å². The molecule has 1 unspecified atom stereocenters. The fourth-order valence-electron chi connectivity index (χ4n) is 2.20.